The molecular weight excluding hydrogens is 583 g/mol. The van der Waals surface area contributed by atoms with Gasteiger partial charge in [-0.15, -0.1) is 0 Å². The van der Waals surface area contributed by atoms with Crippen molar-refractivity contribution in [2.75, 3.05) is 0 Å². The van der Waals surface area contributed by atoms with E-state index in [4.69, 9.17) is 15.0 Å². The van der Waals surface area contributed by atoms with Crippen LogP contribution in [0.1, 0.15) is 0 Å². The van der Waals surface area contributed by atoms with Crippen molar-refractivity contribution in [1.82, 2.24) is 15.0 Å². The smallest absolute Gasteiger partial charge is 0.0973 e. The molecule has 224 valence electrons. The molecule has 0 fully saturated rings. The fourth-order valence-corrected chi connectivity index (χ4v) is 6.72. The van der Waals surface area contributed by atoms with Crippen molar-refractivity contribution in [1.29, 1.82) is 0 Å². The maximum Gasteiger partial charge on any atom is 0.0973 e. The van der Waals surface area contributed by atoms with E-state index in [1.165, 1.54) is 27.6 Å². The van der Waals surface area contributed by atoms with E-state index < -0.39 is 0 Å². The van der Waals surface area contributed by atoms with Gasteiger partial charge in [0.05, 0.1) is 27.9 Å². The second-order valence-electron chi connectivity index (χ2n) is 12.1. The fraction of sp³-hybridized carbons (Fsp3) is 0. The molecule has 0 aliphatic heterocycles. The Bertz CT molecular complexity index is 2610. The summed E-state index contributed by atoms with van der Waals surface area (Å²) in [6.45, 7) is 0. The first-order valence-corrected chi connectivity index (χ1v) is 16.2. The molecular formula is C45H29N3. The van der Waals surface area contributed by atoms with Gasteiger partial charge in [-0.05, 0) is 69.1 Å². The monoisotopic (exact) mass is 611 g/mol. The van der Waals surface area contributed by atoms with Gasteiger partial charge in [-0.1, -0.05) is 140 Å². The van der Waals surface area contributed by atoms with Crippen LogP contribution in [0.2, 0.25) is 0 Å². The Kier molecular flexibility index (Phi) is 6.80. The molecule has 48 heavy (non-hydrogen) atoms. The second kappa shape index (κ2) is 11.7. The SMILES string of the molecule is c1ccc(-c2ccc(-c3nc4ccccc4nc3-c3cccc(-c4cccc(-c5cccc6c5ccc5cccnc56)c4)c3)cc2)cc1. The molecule has 9 rings (SSSR count). The van der Waals surface area contributed by atoms with Crippen LogP contribution in [0.4, 0.5) is 0 Å². The van der Waals surface area contributed by atoms with Crippen LogP contribution in [0.25, 0.3) is 88.6 Å². The average molecular weight is 612 g/mol. The molecule has 3 heteroatoms. The molecule has 7 aromatic carbocycles. The van der Waals surface area contributed by atoms with Gasteiger partial charge in [0.2, 0.25) is 0 Å². The van der Waals surface area contributed by atoms with Gasteiger partial charge in [0.15, 0.2) is 0 Å². The lowest BCUT2D eigenvalue weighted by Gasteiger charge is -2.13. The summed E-state index contributed by atoms with van der Waals surface area (Å²) in [5.74, 6) is 0. The molecule has 0 spiro atoms. The number of pyridine rings is 1. The molecule has 2 aromatic heterocycles. The molecule has 0 saturated carbocycles. The van der Waals surface area contributed by atoms with Crippen LogP contribution >= 0.6 is 0 Å². The number of benzene rings is 7. The normalized spacial score (nSPS) is 11.3. The van der Waals surface area contributed by atoms with E-state index in [1.807, 2.05) is 42.6 Å². The lowest BCUT2D eigenvalue weighted by atomic mass is 9.93. The summed E-state index contributed by atoms with van der Waals surface area (Å²) in [6, 6.07) is 59.6. The first-order valence-electron chi connectivity index (χ1n) is 16.2. The van der Waals surface area contributed by atoms with Gasteiger partial charge >= 0.3 is 0 Å². The Labute approximate surface area is 278 Å². The predicted molar refractivity (Wildman–Crippen MR) is 200 cm³/mol. The minimum absolute atomic E-state index is 0.868. The number of fused-ring (bicyclic) bond motifs is 4. The van der Waals surface area contributed by atoms with E-state index in [1.54, 1.807) is 0 Å². The molecule has 0 bridgehead atoms. The molecule has 0 aliphatic carbocycles. The van der Waals surface area contributed by atoms with Crippen LogP contribution in [0.5, 0.6) is 0 Å². The minimum Gasteiger partial charge on any atom is -0.256 e. The molecule has 0 N–H and O–H groups in total. The Balaban J connectivity index is 1.14. The van der Waals surface area contributed by atoms with Crippen LogP contribution in [0, 0.1) is 0 Å². The van der Waals surface area contributed by atoms with Crippen LogP contribution in [0.3, 0.4) is 0 Å². The quantitative estimate of drug-likeness (QED) is 0.182. The first-order chi connectivity index (χ1) is 23.8. The summed E-state index contributed by atoms with van der Waals surface area (Å²) in [5, 5.41) is 3.51. The lowest BCUT2D eigenvalue weighted by Crippen LogP contribution is -1.96. The summed E-state index contributed by atoms with van der Waals surface area (Å²) in [5.41, 5.74) is 13.6. The highest BCUT2D eigenvalue weighted by molar-refractivity contribution is 6.10. The van der Waals surface area contributed by atoms with E-state index in [9.17, 15) is 0 Å². The van der Waals surface area contributed by atoms with E-state index in [0.29, 0.717) is 0 Å². The maximum atomic E-state index is 5.19. The summed E-state index contributed by atoms with van der Waals surface area (Å²) < 4.78 is 0. The molecule has 0 aliphatic rings. The van der Waals surface area contributed by atoms with Crippen LogP contribution in [-0.4, -0.2) is 15.0 Å². The predicted octanol–water partition coefficient (Wildman–Crippen LogP) is 11.7. The van der Waals surface area contributed by atoms with Crippen molar-refractivity contribution in [3.63, 3.8) is 0 Å². The number of hydrogen-bond acceptors (Lipinski definition) is 3. The molecule has 0 radical (unpaired) electrons. The Morgan fingerprint density at radius 1 is 0.333 bits per heavy atom. The third-order valence-corrected chi connectivity index (χ3v) is 9.11. The van der Waals surface area contributed by atoms with E-state index in [0.717, 1.165) is 61.0 Å². The van der Waals surface area contributed by atoms with Crippen molar-refractivity contribution in [3.05, 3.63) is 176 Å². The number of rotatable bonds is 5. The van der Waals surface area contributed by atoms with E-state index >= 15 is 0 Å². The molecule has 0 saturated heterocycles. The highest BCUT2D eigenvalue weighted by Gasteiger charge is 2.15. The van der Waals surface area contributed by atoms with Crippen molar-refractivity contribution in [2.45, 2.75) is 0 Å². The zero-order valence-corrected chi connectivity index (χ0v) is 26.1. The van der Waals surface area contributed by atoms with Crippen molar-refractivity contribution >= 4 is 32.7 Å². The fourth-order valence-electron chi connectivity index (χ4n) is 6.72. The molecule has 9 aromatic rings. The van der Waals surface area contributed by atoms with Crippen LogP contribution in [-0.2, 0) is 0 Å². The highest BCUT2D eigenvalue weighted by Crippen LogP contribution is 2.37. The lowest BCUT2D eigenvalue weighted by molar-refractivity contribution is 1.29. The minimum atomic E-state index is 0.868. The second-order valence-corrected chi connectivity index (χ2v) is 12.1. The van der Waals surface area contributed by atoms with Crippen molar-refractivity contribution in [3.8, 4) is 55.9 Å². The summed E-state index contributed by atoms with van der Waals surface area (Å²) in [6.07, 6.45) is 1.87. The zero-order chi connectivity index (χ0) is 31.9. The number of aromatic nitrogens is 3. The first kappa shape index (κ1) is 27.8. The standard InChI is InChI=1S/C45H29N3/c1-2-10-30(11-3-1)31-21-23-33(24-22-31)44-45(48-42-20-5-4-19-41(42)47-44)37-15-7-13-35(29-37)34-12-6-14-36(28-34)38-17-8-18-40-39(38)26-25-32-16-9-27-46-43(32)40/h1-29H. The van der Waals surface area contributed by atoms with Crippen molar-refractivity contribution in [2.24, 2.45) is 0 Å². The van der Waals surface area contributed by atoms with Crippen LogP contribution in [0.15, 0.2) is 176 Å². The molecule has 2 heterocycles. The Morgan fingerprint density at radius 3 is 1.69 bits per heavy atom. The maximum absolute atomic E-state index is 5.19. The van der Waals surface area contributed by atoms with Crippen LogP contribution < -0.4 is 0 Å². The van der Waals surface area contributed by atoms with Gasteiger partial charge < -0.3 is 0 Å². The molecule has 3 nitrogen and oxygen atoms in total. The summed E-state index contributed by atoms with van der Waals surface area (Å²) in [4.78, 5) is 15.1. The number of para-hydroxylation sites is 2. The summed E-state index contributed by atoms with van der Waals surface area (Å²) >= 11 is 0. The summed E-state index contributed by atoms with van der Waals surface area (Å²) in [7, 11) is 0. The van der Waals surface area contributed by atoms with Gasteiger partial charge in [-0.3, -0.25) is 4.98 Å². The third-order valence-electron chi connectivity index (χ3n) is 9.11. The average Bonchev–Trinajstić information content (AvgIpc) is 3.17. The van der Waals surface area contributed by atoms with Gasteiger partial charge in [0.25, 0.3) is 0 Å². The van der Waals surface area contributed by atoms with E-state index in [-0.39, 0.29) is 0 Å². The highest BCUT2D eigenvalue weighted by atomic mass is 14.8. The number of nitrogens with zero attached hydrogens (tertiary/aromatic N) is 3. The van der Waals surface area contributed by atoms with Gasteiger partial charge in [0.1, 0.15) is 0 Å². The molecule has 0 atom stereocenters. The van der Waals surface area contributed by atoms with Gasteiger partial charge in [-0.2, -0.15) is 0 Å². The van der Waals surface area contributed by atoms with E-state index in [2.05, 4.69) is 133 Å². The zero-order valence-electron chi connectivity index (χ0n) is 26.1. The Hall–Kier alpha value is -6.45. The largest absolute Gasteiger partial charge is 0.256 e. The Morgan fingerprint density at radius 2 is 0.917 bits per heavy atom. The van der Waals surface area contributed by atoms with Gasteiger partial charge in [0, 0.05) is 28.1 Å². The molecule has 0 unspecified atom stereocenters. The molecule has 0 amide bonds. The number of hydrogen-bond donors (Lipinski definition) is 0. The van der Waals surface area contributed by atoms with Gasteiger partial charge in [-0.25, -0.2) is 9.97 Å². The van der Waals surface area contributed by atoms with Crippen molar-refractivity contribution < 1.29 is 0 Å². The third kappa shape index (κ3) is 4.99. The topological polar surface area (TPSA) is 38.7 Å².